The summed E-state index contributed by atoms with van der Waals surface area (Å²) < 4.78 is 5.80. The average molecular weight is 425 g/mol. The number of ether oxygens (including phenoxy) is 1. The maximum atomic E-state index is 6.45. The normalized spacial score (nSPS) is 14.0. The van der Waals surface area contributed by atoms with Gasteiger partial charge in [0.25, 0.3) is 0 Å². The van der Waals surface area contributed by atoms with Gasteiger partial charge in [-0.05, 0) is 37.0 Å². The highest BCUT2D eigenvalue weighted by atomic mass is 35.5. The Balaban J connectivity index is 1.21. The molecule has 4 aromatic rings. The van der Waals surface area contributed by atoms with E-state index in [4.69, 9.17) is 16.3 Å². The number of hydrogen-bond donors (Lipinski definition) is 4. The van der Waals surface area contributed by atoms with Gasteiger partial charge in [0, 0.05) is 18.8 Å². The Bertz CT molecular complexity index is 1150. The summed E-state index contributed by atoms with van der Waals surface area (Å²) in [5.74, 6) is 1.81. The molecule has 0 spiro atoms. The highest BCUT2D eigenvalue weighted by Crippen LogP contribution is 2.26. The lowest BCUT2D eigenvalue weighted by Crippen LogP contribution is -2.21. The van der Waals surface area contributed by atoms with Gasteiger partial charge in [-0.25, -0.2) is 9.97 Å². The van der Waals surface area contributed by atoms with Crippen LogP contribution in [-0.4, -0.2) is 36.2 Å². The van der Waals surface area contributed by atoms with Crippen LogP contribution in [0, 0.1) is 0 Å². The standard InChI is InChI=1S/C20H21ClN8O/c21-18-12(4-5-15-19(18)25-11-24-15)9-23-20-22-7-6-16(27-20)26-17-8-13(28-29-17)10-30-14-2-1-3-14/h4-8,11,14H,1-3,9-10H2,(H,24,25)(H3,22,23,26,27,28,29). The van der Waals surface area contributed by atoms with E-state index in [-0.39, 0.29) is 0 Å². The topological polar surface area (TPSA) is 116 Å². The van der Waals surface area contributed by atoms with E-state index < -0.39 is 0 Å². The molecule has 1 saturated carbocycles. The molecule has 0 amide bonds. The molecule has 0 aliphatic heterocycles. The minimum absolute atomic E-state index is 0.391. The third-order valence-corrected chi connectivity index (χ3v) is 5.54. The van der Waals surface area contributed by atoms with Crippen LogP contribution >= 0.6 is 11.6 Å². The van der Waals surface area contributed by atoms with Crippen LogP contribution in [0.2, 0.25) is 5.02 Å². The first-order valence-electron chi connectivity index (χ1n) is 9.85. The van der Waals surface area contributed by atoms with E-state index in [9.17, 15) is 0 Å². The second-order valence-electron chi connectivity index (χ2n) is 7.22. The van der Waals surface area contributed by atoms with Crippen molar-refractivity contribution in [3.8, 4) is 0 Å². The molecule has 0 unspecified atom stereocenters. The molecule has 0 saturated heterocycles. The third kappa shape index (κ3) is 4.07. The summed E-state index contributed by atoms with van der Waals surface area (Å²) in [4.78, 5) is 16.1. The Morgan fingerprint density at radius 1 is 1.17 bits per heavy atom. The van der Waals surface area contributed by atoms with Crippen molar-refractivity contribution in [3.05, 3.63) is 53.1 Å². The minimum atomic E-state index is 0.391. The van der Waals surface area contributed by atoms with E-state index in [2.05, 4.69) is 40.8 Å². The molecule has 30 heavy (non-hydrogen) atoms. The van der Waals surface area contributed by atoms with E-state index in [1.807, 2.05) is 18.2 Å². The molecule has 154 valence electrons. The molecule has 1 aliphatic carbocycles. The fraction of sp³-hybridized carbons (Fsp3) is 0.300. The zero-order valence-electron chi connectivity index (χ0n) is 16.2. The number of rotatable bonds is 8. The van der Waals surface area contributed by atoms with E-state index in [1.54, 1.807) is 18.6 Å². The molecule has 0 radical (unpaired) electrons. The van der Waals surface area contributed by atoms with Crippen molar-refractivity contribution in [2.45, 2.75) is 38.5 Å². The SMILES string of the molecule is Clc1c(CNc2nccc(Nc3cc(COC4CCC4)[nH]n3)n2)ccc2[nH]cnc12. The second-order valence-corrected chi connectivity index (χ2v) is 7.60. The molecule has 3 heterocycles. The smallest absolute Gasteiger partial charge is 0.224 e. The van der Waals surface area contributed by atoms with Gasteiger partial charge in [0.1, 0.15) is 11.3 Å². The van der Waals surface area contributed by atoms with Crippen LogP contribution < -0.4 is 10.6 Å². The van der Waals surface area contributed by atoms with Crippen molar-refractivity contribution in [3.63, 3.8) is 0 Å². The highest BCUT2D eigenvalue weighted by molar-refractivity contribution is 6.35. The van der Waals surface area contributed by atoms with Crippen LogP contribution in [0.15, 0.2) is 36.8 Å². The van der Waals surface area contributed by atoms with Crippen molar-refractivity contribution in [2.75, 3.05) is 10.6 Å². The molecular weight excluding hydrogens is 404 g/mol. The van der Waals surface area contributed by atoms with Gasteiger partial charge in [0.2, 0.25) is 5.95 Å². The fourth-order valence-corrected chi connectivity index (χ4v) is 3.50. The number of anilines is 3. The molecule has 9 nitrogen and oxygen atoms in total. The molecule has 3 aromatic heterocycles. The predicted molar refractivity (Wildman–Crippen MR) is 115 cm³/mol. The summed E-state index contributed by atoms with van der Waals surface area (Å²) in [6.07, 6.45) is 7.26. The molecule has 5 rings (SSSR count). The molecule has 0 bridgehead atoms. The number of benzene rings is 1. The summed E-state index contributed by atoms with van der Waals surface area (Å²) in [5, 5.41) is 14.3. The summed E-state index contributed by atoms with van der Waals surface area (Å²) in [6.45, 7) is 1.02. The number of imidazole rings is 1. The van der Waals surface area contributed by atoms with Crippen molar-refractivity contribution >= 4 is 40.2 Å². The lowest BCUT2D eigenvalue weighted by atomic mass is 9.96. The van der Waals surface area contributed by atoms with Gasteiger partial charge in [-0.2, -0.15) is 10.1 Å². The van der Waals surface area contributed by atoms with Crippen LogP contribution in [-0.2, 0) is 17.9 Å². The molecule has 10 heteroatoms. The van der Waals surface area contributed by atoms with E-state index >= 15 is 0 Å². The summed E-state index contributed by atoms with van der Waals surface area (Å²) in [6, 6.07) is 7.61. The lowest BCUT2D eigenvalue weighted by molar-refractivity contribution is -0.0101. The summed E-state index contributed by atoms with van der Waals surface area (Å²) in [7, 11) is 0. The van der Waals surface area contributed by atoms with Gasteiger partial charge in [0.15, 0.2) is 5.82 Å². The number of aromatic amines is 2. The van der Waals surface area contributed by atoms with Gasteiger partial charge < -0.3 is 20.4 Å². The monoisotopic (exact) mass is 424 g/mol. The van der Waals surface area contributed by atoms with Gasteiger partial charge in [0.05, 0.1) is 35.3 Å². The van der Waals surface area contributed by atoms with Crippen LogP contribution in [0.1, 0.15) is 30.5 Å². The summed E-state index contributed by atoms with van der Waals surface area (Å²) in [5.41, 5.74) is 3.51. The largest absolute Gasteiger partial charge is 0.372 e. The van der Waals surface area contributed by atoms with Crippen LogP contribution in [0.3, 0.4) is 0 Å². The Morgan fingerprint density at radius 3 is 2.97 bits per heavy atom. The highest BCUT2D eigenvalue weighted by Gasteiger charge is 2.18. The van der Waals surface area contributed by atoms with Crippen LogP contribution in [0.25, 0.3) is 11.0 Å². The number of nitrogens with zero attached hydrogens (tertiary/aromatic N) is 4. The Hall–Kier alpha value is -3.17. The number of nitrogens with one attached hydrogen (secondary N) is 4. The third-order valence-electron chi connectivity index (χ3n) is 5.12. The van der Waals surface area contributed by atoms with E-state index in [0.29, 0.717) is 41.9 Å². The van der Waals surface area contributed by atoms with Crippen molar-refractivity contribution < 1.29 is 4.74 Å². The zero-order chi connectivity index (χ0) is 20.3. The van der Waals surface area contributed by atoms with Gasteiger partial charge in [-0.15, -0.1) is 0 Å². The minimum Gasteiger partial charge on any atom is -0.372 e. The predicted octanol–water partition coefficient (Wildman–Crippen LogP) is 4.15. The molecular formula is C20H21ClN8O. The van der Waals surface area contributed by atoms with Crippen molar-refractivity contribution in [1.29, 1.82) is 0 Å². The first-order chi connectivity index (χ1) is 14.7. The fourth-order valence-electron chi connectivity index (χ4n) is 3.22. The first-order valence-corrected chi connectivity index (χ1v) is 10.2. The molecule has 4 N–H and O–H groups in total. The van der Waals surface area contributed by atoms with Gasteiger partial charge in [-0.3, -0.25) is 5.10 Å². The zero-order valence-corrected chi connectivity index (χ0v) is 16.9. The second kappa shape index (κ2) is 8.29. The van der Waals surface area contributed by atoms with Crippen LogP contribution in [0.5, 0.6) is 0 Å². The maximum absolute atomic E-state index is 6.45. The number of hydrogen-bond acceptors (Lipinski definition) is 7. The lowest BCUT2D eigenvalue weighted by Gasteiger charge is -2.24. The molecule has 1 fully saturated rings. The quantitative estimate of drug-likeness (QED) is 0.335. The summed E-state index contributed by atoms with van der Waals surface area (Å²) >= 11 is 6.45. The molecule has 1 aromatic carbocycles. The van der Waals surface area contributed by atoms with E-state index in [1.165, 1.54) is 6.42 Å². The maximum Gasteiger partial charge on any atom is 0.224 e. The Labute approximate surface area is 177 Å². The number of aromatic nitrogens is 6. The van der Waals surface area contributed by atoms with Crippen molar-refractivity contribution in [2.24, 2.45) is 0 Å². The van der Waals surface area contributed by atoms with E-state index in [0.717, 1.165) is 35.1 Å². The van der Waals surface area contributed by atoms with Crippen molar-refractivity contribution in [1.82, 2.24) is 30.1 Å². The molecule has 1 aliphatic rings. The number of halogens is 1. The average Bonchev–Trinajstić information content (AvgIpc) is 3.36. The molecule has 0 atom stereocenters. The van der Waals surface area contributed by atoms with Crippen LogP contribution in [0.4, 0.5) is 17.6 Å². The first kappa shape index (κ1) is 18.8. The Morgan fingerprint density at radius 2 is 2.10 bits per heavy atom. The van der Waals surface area contributed by atoms with Gasteiger partial charge in [-0.1, -0.05) is 17.7 Å². The number of H-pyrrole nitrogens is 2. The van der Waals surface area contributed by atoms with Gasteiger partial charge >= 0.3 is 0 Å². The Kier molecular flexibility index (Phi) is 5.20. The number of fused-ring (bicyclic) bond motifs is 1.